The number of aryl methyl sites for hydroxylation is 1. The molecule has 0 atom stereocenters. The Bertz CT molecular complexity index is 668. The Morgan fingerprint density at radius 1 is 0.840 bits per heavy atom. The van der Waals surface area contributed by atoms with E-state index in [0.29, 0.717) is 5.56 Å². The van der Waals surface area contributed by atoms with Crippen molar-refractivity contribution in [3.63, 3.8) is 0 Å². The first-order valence-corrected chi connectivity index (χ1v) is 8.47. The maximum atomic E-state index is 14.1. The molecule has 0 unspecified atom stereocenters. The van der Waals surface area contributed by atoms with Gasteiger partial charge in [-0.1, -0.05) is 50.1 Å². The van der Waals surface area contributed by atoms with Crippen LogP contribution in [0.1, 0.15) is 42.9 Å². The topological polar surface area (TPSA) is 9.23 Å². The second-order valence-electron chi connectivity index (χ2n) is 6.02. The minimum absolute atomic E-state index is 0.0713. The first-order chi connectivity index (χ1) is 11.9. The van der Waals surface area contributed by atoms with Crippen molar-refractivity contribution >= 4 is 0 Å². The quantitative estimate of drug-likeness (QED) is 0.396. The standard InChI is InChI=1S/C20H22F4O/c1-2-3-4-5-15-6-9-17(10-7-15)20(23,24)25-13-12-16-8-11-18(21)19(22)14-16/h6-11,14H,2-5,12-13H2,1H3. The van der Waals surface area contributed by atoms with Gasteiger partial charge in [0, 0.05) is 0 Å². The lowest BCUT2D eigenvalue weighted by atomic mass is 10.1. The maximum absolute atomic E-state index is 14.1. The molecular weight excluding hydrogens is 332 g/mol. The molecule has 0 heterocycles. The van der Waals surface area contributed by atoms with Gasteiger partial charge in [-0.15, -0.1) is 0 Å². The number of hydrogen-bond donors (Lipinski definition) is 0. The van der Waals surface area contributed by atoms with Crippen molar-refractivity contribution in [1.82, 2.24) is 0 Å². The Morgan fingerprint density at radius 2 is 1.52 bits per heavy atom. The Morgan fingerprint density at radius 3 is 2.16 bits per heavy atom. The first-order valence-electron chi connectivity index (χ1n) is 8.47. The van der Waals surface area contributed by atoms with E-state index in [1.54, 1.807) is 12.1 Å². The van der Waals surface area contributed by atoms with Crippen LogP contribution in [0.4, 0.5) is 17.6 Å². The minimum atomic E-state index is -3.42. The average Bonchev–Trinajstić information content (AvgIpc) is 2.59. The van der Waals surface area contributed by atoms with Crippen LogP contribution in [0.2, 0.25) is 0 Å². The lowest BCUT2D eigenvalue weighted by molar-refractivity contribution is -0.248. The summed E-state index contributed by atoms with van der Waals surface area (Å²) in [5.74, 6) is -1.96. The average molecular weight is 354 g/mol. The summed E-state index contributed by atoms with van der Waals surface area (Å²) >= 11 is 0. The molecule has 136 valence electrons. The molecule has 25 heavy (non-hydrogen) atoms. The highest BCUT2D eigenvalue weighted by atomic mass is 19.3. The fraction of sp³-hybridized carbons (Fsp3) is 0.400. The van der Waals surface area contributed by atoms with Crippen LogP contribution in [0.3, 0.4) is 0 Å². The van der Waals surface area contributed by atoms with E-state index < -0.39 is 17.7 Å². The van der Waals surface area contributed by atoms with Crippen LogP contribution in [-0.4, -0.2) is 6.61 Å². The van der Waals surface area contributed by atoms with Crippen LogP contribution in [0, 0.1) is 11.6 Å². The Hall–Kier alpha value is -1.88. The molecular formula is C20H22F4O. The van der Waals surface area contributed by atoms with Crippen molar-refractivity contribution in [3.8, 4) is 0 Å². The fourth-order valence-corrected chi connectivity index (χ4v) is 2.52. The number of halogens is 4. The lowest BCUT2D eigenvalue weighted by Gasteiger charge is -2.17. The zero-order chi connectivity index (χ0) is 18.3. The molecule has 0 saturated carbocycles. The summed E-state index contributed by atoms with van der Waals surface area (Å²) in [5.41, 5.74) is 1.22. The molecule has 0 N–H and O–H groups in total. The van der Waals surface area contributed by atoms with Gasteiger partial charge in [0.15, 0.2) is 11.6 Å². The number of unbranched alkanes of at least 4 members (excludes halogenated alkanes) is 2. The molecule has 2 aromatic rings. The highest BCUT2D eigenvalue weighted by Crippen LogP contribution is 2.30. The monoisotopic (exact) mass is 354 g/mol. The van der Waals surface area contributed by atoms with Gasteiger partial charge in [-0.3, -0.25) is 0 Å². The number of rotatable bonds is 9. The third-order valence-corrected chi connectivity index (χ3v) is 4.02. The van der Waals surface area contributed by atoms with Gasteiger partial charge in [-0.2, -0.15) is 8.78 Å². The van der Waals surface area contributed by atoms with E-state index in [2.05, 4.69) is 11.7 Å². The predicted molar refractivity (Wildman–Crippen MR) is 89.6 cm³/mol. The highest BCUT2D eigenvalue weighted by molar-refractivity contribution is 5.25. The van der Waals surface area contributed by atoms with E-state index in [4.69, 9.17) is 0 Å². The van der Waals surface area contributed by atoms with Crippen molar-refractivity contribution in [2.75, 3.05) is 6.61 Å². The van der Waals surface area contributed by atoms with E-state index in [9.17, 15) is 17.6 Å². The normalized spacial score (nSPS) is 11.7. The smallest absolute Gasteiger partial charge is 0.316 e. The zero-order valence-electron chi connectivity index (χ0n) is 14.2. The number of hydrogen-bond acceptors (Lipinski definition) is 1. The predicted octanol–water partition coefficient (Wildman–Crippen LogP) is 6.01. The molecule has 0 bridgehead atoms. The summed E-state index contributed by atoms with van der Waals surface area (Å²) in [6, 6.07) is 9.44. The molecule has 0 saturated heterocycles. The molecule has 0 aliphatic carbocycles. The van der Waals surface area contributed by atoms with Gasteiger partial charge in [-0.05, 0) is 42.5 Å². The van der Waals surface area contributed by atoms with Crippen molar-refractivity contribution in [2.24, 2.45) is 0 Å². The third kappa shape index (κ3) is 5.85. The second-order valence-corrected chi connectivity index (χ2v) is 6.02. The Labute approximate surface area is 145 Å². The molecule has 0 amide bonds. The molecule has 2 rings (SSSR count). The zero-order valence-corrected chi connectivity index (χ0v) is 14.2. The first kappa shape index (κ1) is 19.4. The van der Waals surface area contributed by atoms with Crippen LogP contribution < -0.4 is 0 Å². The molecule has 0 aliphatic heterocycles. The summed E-state index contributed by atoms with van der Waals surface area (Å²) in [6.07, 6.45) is 0.795. The Kier molecular flexibility index (Phi) is 7.00. The van der Waals surface area contributed by atoms with Crippen LogP contribution in [0.5, 0.6) is 0 Å². The molecule has 0 radical (unpaired) electrons. The van der Waals surface area contributed by atoms with Gasteiger partial charge in [0.05, 0.1) is 12.2 Å². The van der Waals surface area contributed by atoms with E-state index in [1.807, 2.05) is 0 Å². The van der Waals surface area contributed by atoms with E-state index >= 15 is 0 Å². The van der Waals surface area contributed by atoms with E-state index in [1.165, 1.54) is 18.2 Å². The summed E-state index contributed by atoms with van der Waals surface area (Å²) in [7, 11) is 0. The van der Waals surface area contributed by atoms with Crippen molar-refractivity contribution in [3.05, 3.63) is 70.8 Å². The summed E-state index contributed by atoms with van der Waals surface area (Å²) in [6.45, 7) is 1.82. The summed E-state index contributed by atoms with van der Waals surface area (Å²) < 4.78 is 58.8. The summed E-state index contributed by atoms with van der Waals surface area (Å²) in [5, 5.41) is 0. The maximum Gasteiger partial charge on any atom is 0.383 e. The van der Waals surface area contributed by atoms with Crippen molar-refractivity contribution in [2.45, 2.75) is 45.1 Å². The van der Waals surface area contributed by atoms with Crippen molar-refractivity contribution < 1.29 is 22.3 Å². The van der Waals surface area contributed by atoms with Gasteiger partial charge < -0.3 is 4.74 Å². The van der Waals surface area contributed by atoms with Gasteiger partial charge >= 0.3 is 6.11 Å². The van der Waals surface area contributed by atoms with Crippen LogP contribution >= 0.6 is 0 Å². The minimum Gasteiger partial charge on any atom is -0.316 e. The number of benzene rings is 2. The molecule has 0 aliphatic rings. The second kappa shape index (κ2) is 8.99. The van der Waals surface area contributed by atoms with Gasteiger partial charge in [0.2, 0.25) is 0 Å². The van der Waals surface area contributed by atoms with Crippen molar-refractivity contribution in [1.29, 1.82) is 0 Å². The molecule has 0 fully saturated rings. The lowest BCUT2D eigenvalue weighted by Crippen LogP contribution is -2.19. The van der Waals surface area contributed by atoms with Crippen LogP contribution in [0.25, 0.3) is 0 Å². The van der Waals surface area contributed by atoms with Gasteiger partial charge in [-0.25, -0.2) is 8.78 Å². The fourth-order valence-electron chi connectivity index (χ4n) is 2.52. The molecule has 5 heteroatoms. The van der Waals surface area contributed by atoms with Gasteiger partial charge in [0.1, 0.15) is 0 Å². The molecule has 2 aromatic carbocycles. The molecule has 1 nitrogen and oxygen atoms in total. The highest BCUT2D eigenvalue weighted by Gasteiger charge is 2.32. The van der Waals surface area contributed by atoms with Crippen LogP contribution in [-0.2, 0) is 23.7 Å². The van der Waals surface area contributed by atoms with Crippen LogP contribution in [0.15, 0.2) is 42.5 Å². The Balaban J connectivity index is 1.88. The number of alkyl halides is 2. The SMILES string of the molecule is CCCCCc1ccc(C(F)(F)OCCc2ccc(F)c(F)c2)cc1. The summed E-state index contributed by atoms with van der Waals surface area (Å²) in [4.78, 5) is 0. The van der Waals surface area contributed by atoms with Gasteiger partial charge in [0.25, 0.3) is 0 Å². The van der Waals surface area contributed by atoms with E-state index in [-0.39, 0.29) is 18.6 Å². The molecule has 0 aromatic heterocycles. The largest absolute Gasteiger partial charge is 0.383 e. The van der Waals surface area contributed by atoms with E-state index in [0.717, 1.165) is 43.4 Å². The molecule has 0 spiro atoms. The third-order valence-electron chi connectivity index (χ3n) is 4.02. The number of ether oxygens (including phenoxy) is 1.